The second-order valence-corrected chi connectivity index (χ2v) is 7.13. The molecule has 1 aliphatic rings. The predicted molar refractivity (Wildman–Crippen MR) is 95.8 cm³/mol. The number of benzene rings is 1. The molecule has 0 radical (unpaired) electrons. The number of thiazole rings is 1. The molecule has 1 fully saturated rings. The summed E-state index contributed by atoms with van der Waals surface area (Å²) in [6.45, 7) is 4.94. The Labute approximate surface area is 147 Å². The van der Waals surface area contributed by atoms with Gasteiger partial charge in [-0.1, -0.05) is 6.07 Å². The molecule has 0 atom stereocenters. The van der Waals surface area contributed by atoms with Crippen molar-refractivity contribution < 1.29 is 14.2 Å². The third-order valence-electron chi connectivity index (χ3n) is 4.05. The van der Waals surface area contributed by atoms with E-state index in [2.05, 4.69) is 29.4 Å². The van der Waals surface area contributed by atoms with Crippen molar-refractivity contribution in [1.29, 1.82) is 0 Å². The van der Waals surface area contributed by atoms with Gasteiger partial charge in [-0.25, -0.2) is 4.98 Å². The molecule has 0 bridgehead atoms. The third-order valence-corrected chi connectivity index (χ3v) is 4.92. The third kappa shape index (κ3) is 4.69. The van der Waals surface area contributed by atoms with Crippen LogP contribution in [0.25, 0.3) is 0 Å². The topological polar surface area (TPSA) is 52.6 Å². The molecule has 2 heterocycles. The molecule has 1 aromatic heterocycles. The van der Waals surface area contributed by atoms with Crippen molar-refractivity contribution in [2.24, 2.45) is 0 Å². The Bertz CT molecular complexity index is 653. The molecule has 24 heavy (non-hydrogen) atoms. The highest BCUT2D eigenvalue weighted by Crippen LogP contribution is 2.24. The first-order valence-corrected chi connectivity index (χ1v) is 9.07. The summed E-state index contributed by atoms with van der Waals surface area (Å²) >= 11 is 1.66. The maximum atomic E-state index is 6.04. The largest absolute Gasteiger partial charge is 0.496 e. The minimum atomic E-state index is 0.281. The quantitative estimate of drug-likeness (QED) is 0.825. The van der Waals surface area contributed by atoms with Crippen molar-refractivity contribution in [3.63, 3.8) is 0 Å². The van der Waals surface area contributed by atoms with E-state index in [9.17, 15) is 0 Å². The van der Waals surface area contributed by atoms with Crippen LogP contribution in [0.2, 0.25) is 0 Å². The lowest BCUT2D eigenvalue weighted by Gasteiger charge is -2.23. The van der Waals surface area contributed by atoms with Crippen molar-refractivity contribution in [3.8, 4) is 5.75 Å². The van der Waals surface area contributed by atoms with Gasteiger partial charge in [0.2, 0.25) is 0 Å². The van der Waals surface area contributed by atoms with Crippen molar-refractivity contribution in [2.75, 3.05) is 25.6 Å². The Hall–Kier alpha value is -1.63. The molecule has 1 N–H and O–H groups in total. The van der Waals surface area contributed by atoms with Gasteiger partial charge in [0.1, 0.15) is 5.75 Å². The highest BCUT2D eigenvalue weighted by molar-refractivity contribution is 7.15. The summed E-state index contributed by atoms with van der Waals surface area (Å²) in [5, 5.41) is 4.31. The molecular formula is C18H24N2O3S. The zero-order valence-corrected chi connectivity index (χ0v) is 15.0. The SMILES string of the molecule is COc1ccc(CNc2ncc(C)s2)cc1COC1CCOCC1. The molecule has 3 rings (SSSR count). The number of methoxy groups -OCH3 is 1. The van der Waals surface area contributed by atoms with Gasteiger partial charge in [-0.2, -0.15) is 0 Å². The number of hydrogen-bond donors (Lipinski definition) is 1. The molecule has 1 saturated heterocycles. The first kappa shape index (κ1) is 17.2. The van der Waals surface area contributed by atoms with Gasteiger partial charge in [0.05, 0.1) is 19.8 Å². The second-order valence-electron chi connectivity index (χ2n) is 5.90. The highest BCUT2D eigenvalue weighted by atomic mass is 32.1. The lowest BCUT2D eigenvalue weighted by Crippen LogP contribution is -2.23. The standard InChI is InChI=1S/C18H24N2O3S/c1-13-10-19-18(24-13)20-11-14-3-4-17(21-2)15(9-14)12-23-16-5-7-22-8-6-16/h3-4,9-10,16H,5-8,11-12H2,1-2H3,(H,19,20). The van der Waals surface area contributed by atoms with E-state index in [1.807, 2.05) is 12.3 Å². The summed E-state index contributed by atoms with van der Waals surface area (Å²) in [5.41, 5.74) is 2.27. The number of nitrogens with one attached hydrogen (secondary N) is 1. The molecule has 0 aliphatic carbocycles. The number of ether oxygens (including phenoxy) is 3. The average Bonchev–Trinajstić information content (AvgIpc) is 3.04. The van der Waals surface area contributed by atoms with Gasteiger partial charge in [-0.15, -0.1) is 11.3 Å². The van der Waals surface area contributed by atoms with Crippen molar-refractivity contribution in [2.45, 2.75) is 39.0 Å². The Morgan fingerprint density at radius 1 is 1.33 bits per heavy atom. The predicted octanol–water partition coefficient (Wildman–Crippen LogP) is 3.77. The molecule has 0 amide bonds. The molecular weight excluding hydrogens is 324 g/mol. The van der Waals surface area contributed by atoms with E-state index in [0.717, 1.165) is 49.0 Å². The monoisotopic (exact) mass is 348 g/mol. The van der Waals surface area contributed by atoms with Crippen LogP contribution in [0, 0.1) is 6.92 Å². The lowest BCUT2D eigenvalue weighted by atomic mass is 10.1. The number of nitrogens with zero attached hydrogens (tertiary/aromatic N) is 1. The van der Waals surface area contributed by atoms with Gasteiger partial charge in [0.15, 0.2) is 5.13 Å². The van der Waals surface area contributed by atoms with E-state index >= 15 is 0 Å². The molecule has 0 saturated carbocycles. The maximum Gasteiger partial charge on any atom is 0.183 e. The van der Waals surface area contributed by atoms with Crippen LogP contribution < -0.4 is 10.1 Å². The Morgan fingerprint density at radius 3 is 2.88 bits per heavy atom. The number of rotatable bonds is 7. The molecule has 1 aromatic carbocycles. The Balaban J connectivity index is 1.61. The molecule has 2 aromatic rings. The van der Waals surface area contributed by atoms with Crippen molar-refractivity contribution in [3.05, 3.63) is 40.4 Å². The average molecular weight is 348 g/mol. The fraction of sp³-hybridized carbons (Fsp3) is 0.500. The van der Waals surface area contributed by atoms with Gasteiger partial charge in [-0.05, 0) is 37.5 Å². The summed E-state index contributed by atoms with van der Waals surface area (Å²) < 4.78 is 16.9. The Morgan fingerprint density at radius 2 is 2.17 bits per heavy atom. The fourth-order valence-corrected chi connectivity index (χ4v) is 3.38. The van der Waals surface area contributed by atoms with Crippen LogP contribution >= 0.6 is 11.3 Å². The van der Waals surface area contributed by atoms with Gasteiger partial charge in [0.25, 0.3) is 0 Å². The molecule has 130 valence electrons. The minimum absolute atomic E-state index is 0.281. The van der Waals surface area contributed by atoms with E-state index in [4.69, 9.17) is 14.2 Å². The van der Waals surface area contributed by atoms with Crippen LogP contribution in [0.1, 0.15) is 28.8 Å². The summed E-state index contributed by atoms with van der Waals surface area (Å²) in [6.07, 6.45) is 4.09. The smallest absolute Gasteiger partial charge is 0.183 e. The zero-order chi connectivity index (χ0) is 16.8. The van der Waals surface area contributed by atoms with Gasteiger partial charge in [0, 0.05) is 36.4 Å². The number of aromatic nitrogens is 1. The normalized spacial score (nSPS) is 15.4. The van der Waals surface area contributed by atoms with Gasteiger partial charge >= 0.3 is 0 Å². The van der Waals surface area contributed by atoms with Crippen LogP contribution in [0.4, 0.5) is 5.13 Å². The molecule has 0 spiro atoms. The van der Waals surface area contributed by atoms with Crippen LogP contribution in [0.5, 0.6) is 5.75 Å². The van der Waals surface area contributed by atoms with Crippen LogP contribution in [0.3, 0.4) is 0 Å². The summed E-state index contributed by atoms with van der Waals surface area (Å²) in [5.74, 6) is 0.871. The van der Waals surface area contributed by atoms with Crippen molar-refractivity contribution in [1.82, 2.24) is 4.98 Å². The zero-order valence-electron chi connectivity index (χ0n) is 14.2. The summed E-state index contributed by atoms with van der Waals surface area (Å²) in [4.78, 5) is 5.54. The summed E-state index contributed by atoms with van der Waals surface area (Å²) in [6, 6.07) is 6.22. The lowest BCUT2D eigenvalue weighted by molar-refractivity contribution is -0.0394. The van der Waals surface area contributed by atoms with E-state index in [-0.39, 0.29) is 6.10 Å². The van der Waals surface area contributed by atoms with E-state index < -0.39 is 0 Å². The number of hydrogen-bond acceptors (Lipinski definition) is 6. The molecule has 5 nitrogen and oxygen atoms in total. The first-order chi connectivity index (χ1) is 11.7. The molecule has 0 unspecified atom stereocenters. The first-order valence-electron chi connectivity index (χ1n) is 8.26. The van der Waals surface area contributed by atoms with E-state index in [1.165, 1.54) is 10.4 Å². The number of anilines is 1. The van der Waals surface area contributed by atoms with Crippen LogP contribution in [-0.2, 0) is 22.6 Å². The van der Waals surface area contributed by atoms with Crippen LogP contribution in [-0.4, -0.2) is 31.4 Å². The van der Waals surface area contributed by atoms with Gasteiger partial charge < -0.3 is 19.5 Å². The Kier molecular flexibility index (Phi) is 6.07. The molecule has 6 heteroatoms. The van der Waals surface area contributed by atoms with Crippen LogP contribution in [0.15, 0.2) is 24.4 Å². The van der Waals surface area contributed by atoms with Crippen molar-refractivity contribution >= 4 is 16.5 Å². The summed E-state index contributed by atoms with van der Waals surface area (Å²) in [7, 11) is 1.70. The maximum absolute atomic E-state index is 6.04. The van der Waals surface area contributed by atoms with Gasteiger partial charge in [-0.3, -0.25) is 0 Å². The fourth-order valence-electron chi connectivity index (χ4n) is 2.72. The highest BCUT2D eigenvalue weighted by Gasteiger charge is 2.15. The second kappa shape index (κ2) is 8.46. The van der Waals surface area contributed by atoms with E-state index in [1.54, 1.807) is 18.4 Å². The molecule has 1 aliphatic heterocycles. The van der Waals surface area contributed by atoms with E-state index in [0.29, 0.717) is 6.61 Å². The number of aryl methyl sites for hydroxylation is 1. The minimum Gasteiger partial charge on any atom is -0.496 e.